The van der Waals surface area contributed by atoms with Crippen LogP contribution in [0.4, 0.5) is 4.79 Å². The molecule has 0 radical (unpaired) electrons. The Hall–Kier alpha value is -2.05. The SMILES string of the molecule is CC(C)(C)OC(=O)N1CC[C@H]([C@H](Cc2cccc(-c3ccc(Cl)s3)c2)C(=O)O)C1. The molecule has 3 rings (SSSR count). The lowest BCUT2D eigenvalue weighted by Crippen LogP contribution is -2.36. The third-order valence-electron chi connectivity index (χ3n) is 5.00. The summed E-state index contributed by atoms with van der Waals surface area (Å²) in [4.78, 5) is 27.0. The maximum Gasteiger partial charge on any atom is 0.410 e. The van der Waals surface area contributed by atoms with Crippen LogP contribution in [0.5, 0.6) is 0 Å². The minimum Gasteiger partial charge on any atom is -0.481 e. The molecule has 1 fully saturated rings. The predicted octanol–water partition coefficient (Wildman–Crippen LogP) is 5.57. The lowest BCUT2D eigenvalue weighted by atomic mass is 9.86. The largest absolute Gasteiger partial charge is 0.481 e. The number of thiophene rings is 1. The van der Waals surface area contributed by atoms with Gasteiger partial charge in [0.25, 0.3) is 0 Å². The van der Waals surface area contributed by atoms with E-state index in [2.05, 4.69) is 0 Å². The highest BCUT2D eigenvalue weighted by atomic mass is 35.5. The van der Waals surface area contributed by atoms with Crippen molar-refractivity contribution in [2.75, 3.05) is 13.1 Å². The van der Waals surface area contributed by atoms with E-state index in [0.717, 1.165) is 20.3 Å². The Bertz CT molecular complexity index is 889. The number of rotatable bonds is 5. The van der Waals surface area contributed by atoms with E-state index < -0.39 is 17.5 Å². The van der Waals surface area contributed by atoms with Gasteiger partial charge in [0.2, 0.25) is 0 Å². The summed E-state index contributed by atoms with van der Waals surface area (Å²) in [5, 5.41) is 9.85. The minimum absolute atomic E-state index is 0.0974. The molecule has 2 atom stereocenters. The fourth-order valence-corrected chi connectivity index (χ4v) is 4.68. The molecular formula is C22H26ClNO4S. The topological polar surface area (TPSA) is 66.8 Å². The van der Waals surface area contributed by atoms with Crippen molar-refractivity contribution in [2.45, 2.75) is 39.2 Å². The highest BCUT2D eigenvalue weighted by molar-refractivity contribution is 7.19. The van der Waals surface area contributed by atoms with Gasteiger partial charge in [-0.05, 0) is 62.8 Å². The normalized spacial score (nSPS) is 17.9. The molecule has 0 unspecified atom stereocenters. The highest BCUT2D eigenvalue weighted by Crippen LogP contribution is 2.33. The summed E-state index contributed by atoms with van der Waals surface area (Å²) in [5.74, 6) is -1.48. The maximum atomic E-state index is 12.3. The second-order valence-corrected chi connectivity index (χ2v) is 10.1. The van der Waals surface area contributed by atoms with Gasteiger partial charge in [-0.3, -0.25) is 4.79 Å². The maximum absolute atomic E-state index is 12.3. The zero-order valence-corrected chi connectivity index (χ0v) is 18.4. The molecule has 0 aliphatic carbocycles. The first-order valence-corrected chi connectivity index (χ1v) is 10.9. The summed E-state index contributed by atoms with van der Waals surface area (Å²) < 4.78 is 6.15. The van der Waals surface area contributed by atoms with Crippen LogP contribution in [-0.4, -0.2) is 40.8 Å². The van der Waals surface area contributed by atoms with Gasteiger partial charge in [0.05, 0.1) is 10.3 Å². The van der Waals surface area contributed by atoms with Crippen LogP contribution in [0.25, 0.3) is 10.4 Å². The number of likely N-dealkylation sites (tertiary alicyclic amines) is 1. The van der Waals surface area contributed by atoms with Crippen LogP contribution < -0.4 is 0 Å². The van der Waals surface area contributed by atoms with Gasteiger partial charge in [0, 0.05) is 18.0 Å². The Kier molecular flexibility index (Phi) is 6.54. The van der Waals surface area contributed by atoms with E-state index in [1.54, 1.807) is 4.90 Å². The van der Waals surface area contributed by atoms with Crippen LogP contribution in [0.15, 0.2) is 36.4 Å². The Labute approximate surface area is 180 Å². The molecule has 0 spiro atoms. The summed E-state index contributed by atoms with van der Waals surface area (Å²) in [6, 6.07) is 11.8. The average molecular weight is 436 g/mol. The molecule has 1 N–H and O–H groups in total. The molecule has 1 saturated heterocycles. The number of nitrogens with zero attached hydrogens (tertiary/aromatic N) is 1. The van der Waals surface area contributed by atoms with Crippen molar-refractivity contribution in [1.82, 2.24) is 4.90 Å². The molecule has 156 valence electrons. The fraction of sp³-hybridized carbons (Fsp3) is 0.455. The van der Waals surface area contributed by atoms with Gasteiger partial charge in [-0.15, -0.1) is 11.3 Å². The third-order valence-corrected chi connectivity index (χ3v) is 6.28. The molecule has 1 aromatic heterocycles. The van der Waals surface area contributed by atoms with Crippen LogP contribution in [0.1, 0.15) is 32.8 Å². The quantitative estimate of drug-likeness (QED) is 0.666. The fourth-order valence-electron chi connectivity index (χ4n) is 3.64. The van der Waals surface area contributed by atoms with Gasteiger partial charge >= 0.3 is 12.1 Å². The van der Waals surface area contributed by atoms with Crippen LogP contribution in [0, 0.1) is 11.8 Å². The van der Waals surface area contributed by atoms with Crippen molar-refractivity contribution < 1.29 is 19.4 Å². The number of carbonyl (C=O) groups excluding carboxylic acids is 1. The van der Waals surface area contributed by atoms with Crippen molar-refractivity contribution in [1.29, 1.82) is 0 Å². The van der Waals surface area contributed by atoms with Crippen LogP contribution in [-0.2, 0) is 16.0 Å². The number of amides is 1. The van der Waals surface area contributed by atoms with Crippen LogP contribution in [0.3, 0.4) is 0 Å². The number of carboxylic acid groups (broad SMARTS) is 1. The zero-order chi connectivity index (χ0) is 21.2. The van der Waals surface area contributed by atoms with E-state index in [9.17, 15) is 14.7 Å². The standard InChI is InChI=1S/C22H26ClNO4S/c1-22(2,3)28-21(27)24-10-9-16(13-24)17(20(25)26)12-14-5-4-6-15(11-14)18-7-8-19(23)29-18/h4-8,11,16-17H,9-10,12-13H2,1-3H3,(H,25,26)/t16-,17-/m0/s1. The molecule has 1 aliphatic rings. The molecule has 1 aliphatic heterocycles. The summed E-state index contributed by atoms with van der Waals surface area (Å²) in [6.07, 6.45) is 0.714. The number of carbonyl (C=O) groups is 2. The van der Waals surface area contributed by atoms with Gasteiger partial charge in [0.15, 0.2) is 0 Å². The molecular weight excluding hydrogens is 410 g/mol. The summed E-state index contributed by atoms with van der Waals surface area (Å²) in [7, 11) is 0. The molecule has 7 heteroatoms. The Morgan fingerprint density at radius 3 is 2.69 bits per heavy atom. The van der Waals surface area contributed by atoms with Crippen molar-refractivity contribution in [3.8, 4) is 10.4 Å². The number of aliphatic carboxylic acids is 1. The predicted molar refractivity (Wildman–Crippen MR) is 116 cm³/mol. The molecule has 0 saturated carbocycles. The average Bonchev–Trinajstić information content (AvgIpc) is 3.27. The van der Waals surface area contributed by atoms with Gasteiger partial charge in [-0.25, -0.2) is 4.79 Å². The van der Waals surface area contributed by atoms with Gasteiger partial charge in [0.1, 0.15) is 5.60 Å². The zero-order valence-electron chi connectivity index (χ0n) is 16.9. The van der Waals surface area contributed by atoms with E-state index in [-0.39, 0.29) is 12.0 Å². The first-order chi connectivity index (χ1) is 13.6. The third kappa shape index (κ3) is 5.73. The second-order valence-electron chi connectivity index (χ2n) is 8.43. The minimum atomic E-state index is -0.828. The number of ether oxygens (including phenoxy) is 1. The van der Waals surface area contributed by atoms with Crippen molar-refractivity contribution in [3.05, 3.63) is 46.3 Å². The molecule has 1 amide bonds. The summed E-state index contributed by atoms with van der Waals surface area (Å²) >= 11 is 7.54. The van der Waals surface area contributed by atoms with Crippen molar-refractivity contribution in [3.63, 3.8) is 0 Å². The number of hydrogen-bond donors (Lipinski definition) is 1. The molecule has 2 aromatic rings. The van der Waals surface area contributed by atoms with E-state index in [4.69, 9.17) is 16.3 Å². The van der Waals surface area contributed by atoms with Crippen molar-refractivity contribution in [2.24, 2.45) is 11.8 Å². The van der Waals surface area contributed by atoms with E-state index in [1.165, 1.54) is 11.3 Å². The van der Waals surface area contributed by atoms with Gasteiger partial charge < -0.3 is 14.7 Å². The summed E-state index contributed by atoms with van der Waals surface area (Å²) in [6.45, 7) is 6.41. The molecule has 0 bridgehead atoms. The first-order valence-electron chi connectivity index (χ1n) is 9.68. The second kappa shape index (κ2) is 8.76. The summed E-state index contributed by atoms with van der Waals surface area (Å²) in [5.41, 5.74) is 1.44. The molecule has 2 heterocycles. The molecule has 5 nitrogen and oxygen atoms in total. The van der Waals surface area contributed by atoms with Crippen LogP contribution >= 0.6 is 22.9 Å². The smallest absolute Gasteiger partial charge is 0.410 e. The lowest BCUT2D eigenvalue weighted by molar-refractivity contribution is -0.143. The Morgan fingerprint density at radius 2 is 2.07 bits per heavy atom. The number of hydrogen-bond acceptors (Lipinski definition) is 4. The highest BCUT2D eigenvalue weighted by Gasteiger charge is 2.37. The molecule has 1 aromatic carbocycles. The number of carboxylic acids is 1. The Morgan fingerprint density at radius 1 is 1.31 bits per heavy atom. The van der Waals surface area contributed by atoms with E-state index >= 15 is 0 Å². The first kappa shape index (κ1) is 21.7. The van der Waals surface area contributed by atoms with Gasteiger partial charge in [-0.2, -0.15) is 0 Å². The Balaban J connectivity index is 1.70. The molecule has 29 heavy (non-hydrogen) atoms. The van der Waals surface area contributed by atoms with E-state index in [1.807, 2.05) is 57.2 Å². The van der Waals surface area contributed by atoms with Crippen LogP contribution in [0.2, 0.25) is 4.34 Å². The number of benzene rings is 1. The lowest BCUT2D eigenvalue weighted by Gasteiger charge is -2.25. The van der Waals surface area contributed by atoms with E-state index in [0.29, 0.717) is 25.9 Å². The van der Waals surface area contributed by atoms with Gasteiger partial charge in [-0.1, -0.05) is 35.9 Å². The monoisotopic (exact) mass is 435 g/mol. The number of halogens is 1. The van der Waals surface area contributed by atoms with Crippen molar-refractivity contribution >= 4 is 35.0 Å².